The van der Waals surface area contributed by atoms with Crippen LogP contribution < -0.4 is 9.64 Å². The maximum Gasteiger partial charge on any atom is 0.225 e. The van der Waals surface area contributed by atoms with Gasteiger partial charge in [0.15, 0.2) is 9.84 Å². The third-order valence-electron chi connectivity index (χ3n) is 5.43. The molecule has 0 radical (unpaired) electrons. The fourth-order valence-electron chi connectivity index (χ4n) is 3.62. The summed E-state index contributed by atoms with van der Waals surface area (Å²) >= 11 is 0. The first-order chi connectivity index (χ1) is 14.9. The van der Waals surface area contributed by atoms with Gasteiger partial charge < -0.3 is 9.64 Å². The molecule has 31 heavy (non-hydrogen) atoms. The number of sulfone groups is 1. The summed E-state index contributed by atoms with van der Waals surface area (Å²) in [6.07, 6.45) is 7.17. The number of anilines is 1. The van der Waals surface area contributed by atoms with E-state index in [1.54, 1.807) is 12.1 Å². The first kappa shape index (κ1) is 21.3. The Morgan fingerprint density at radius 2 is 1.55 bits per heavy atom. The van der Waals surface area contributed by atoms with Crippen molar-refractivity contribution in [2.24, 2.45) is 5.92 Å². The highest BCUT2D eigenvalue weighted by Crippen LogP contribution is 2.26. The molecule has 4 rings (SSSR count). The van der Waals surface area contributed by atoms with Crippen LogP contribution in [0.5, 0.6) is 5.75 Å². The number of rotatable bonds is 8. The molecule has 3 aromatic rings. The van der Waals surface area contributed by atoms with E-state index in [9.17, 15) is 8.42 Å². The van der Waals surface area contributed by atoms with Gasteiger partial charge in [-0.15, -0.1) is 0 Å². The van der Waals surface area contributed by atoms with Gasteiger partial charge in [0.25, 0.3) is 0 Å². The minimum atomic E-state index is -3.18. The Morgan fingerprint density at radius 3 is 2.10 bits per heavy atom. The summed E-state index contributed by atoms with van der Waals surface area (Å²) in [7, 11) is -3.18. The molecule has 0 bridgehead atoms. The highest BCUT2D eigenvalue weighted by Gasteiger charge is 2.29. The van der Waals surface area contributed by atoms with E-state index < -0.39 is 9.84 Å². The van der Waals surface area contributed by atoms with E-state index in [0.29, 0.717) is 17.4 Å². The van der Waals surface area contributed by atoms with Crippen molar-refractivity contribution in [1.82, 2.24) is 9.97 Å². The number of aryl methyl sites for hydroxylation is 1. The van der Waals surface area contributed by atoms with Crippen molar-refractivity contribution in [3.8, 4) is 16.9 Å². The van der Waals surface area contributed by atoms with E-state index in [1.165, 1.54) is 11.8 Å². The summed E-state index contributed by atoms with van der Waals surface area (Å²) in [4.78, 5) is 11.4. The van der Waals surface area contributed by atoms with Crippen LogP contribution in [-0.2, 0) is 16.3 Å². The second-order valence-corrected chi connectivity index (χ2v) is 10.1. The summed E-state index contributed by atoms with van der Waals surface area (Å²) in [5.74, 6) is 2.08. The molecule has 0 N–H and O–H groups in total. The predicted octanol–water partition coefficient (Wildman–Crippen LogP) is 4.01. The van der Waals surface area contributed by atoms with E-state index in [1.807, 2.05) is 48.8 Å². The Balaban J connectivity index is 1.27. The van der Waals surface area contributed by atoms with Gasteiger partial charge in [0, 0.05) is 37.7 Å². The smallest absolute Gasteiger partial charge is 0.225 e. The molecule has 0 amide bonds. The first-order valence-corrected chi connectivity index (χ1v) is 12.4. The number of hydrogen-bond acceptors (Lipinski definition) is 6. The van der Waals surface area contributed by atoms with Crippen molar-refractivity contribution >= 4 is 15.8 Å². The lowest BCUT2D eigenvalue weighted by molar-refractivity contribution is 0.219. The number of nitrogens with zero attached hydrogens (tertiary/aromatic N) is 3. The largest absolute Gasteiger partial charge is 0.493 e. The molecular weight excluding hydrogens is 410 g/mol. The molecule has 1 aliphatic rings. The van der Waals surface area contributed by atoms with E-state index >= 15 is 0 Å². The molecule has 0 saturated carbocycles. The zero-order chi connectivity index (χ0) is 21.8. The molecule has 0 atom stereocenters. The van der Waals surface area contributed by atoms with Crippen molar-refractivity contribution in [2.45, 2.75) is 24.7 Å². The molecule has 0 unspecified atom stereocenters. The van der Waals surface area contributed by atoms with Crippen LogP contribution >= 0.6 is 0 Å². The Hall–Kier alpha value is -2.93. The van der Waals surface area contributed by atoms with Crippen LogP contribution in [0.15, 0.2) is 65.8 Å². The van der Waals surface area contributed by atoms with Gasteiger partial charge in [0.05, 0.1) is 11.5 Å². The van der Waals surface area contributed by atoms with Crippen LogP contribution in [0.3, 0.4) is 0 Å². The minimum Gasteiger partial charge on any atom is -0.493 e. The molecule has 2 heterocycles. The highest BCUT2D eigenvalue weighted by atomic mass is 32.2. The van der Waals surface area contributed by atoms with Gasteiger partial charge >= 0.3 is 0 Å². The van der Waals surface area contributed by atoms with Gasteiger partial charge in [-0.3, -0.25) is 0 Å². The van der Waals surface area contributed by atoms with E-state index in [0.717, 1.165) is 48.8 Å². The lowest BCUT2D eigenvalue weighted by atomic mass is 10.0. The maximum absolute atomic E-state index is 11.6. The van der Waals surface area contributed by atoms with E-state index in [4.69, 9.17) is 4.74 Å². The number of ether oxygens (including phenoxy) is 1. The fraction of sp³-hybridized carbons (Fsp3) is 0.333. The number of aromatic nitrogens is 2. The van der Waals surface area contributed by atoms with Gasteiger partial charge in [-0.2, -0.15) is 0 Å². The molecular formula is C24H27N3O3S. The average Bonchev–Trinajstić information content (AvgIpc) is 2.74. The monoisotopic (exact) mass is 437 g/mol. The molecule has 1 saturated heterocycles. The van der Waals surface area contributed by atoms with Crippen LogP contribution in [-0.4, -0.2) is 44.3 Å². The second-order valence-electron chi connectivity index (χ2n) is 8.04. The lowest BCUT2D eigenvalue weighted by Gasteiger charge is -2.38. The molecule has 0 aliphatic carbocycles. The van der Waals surface area contributed by atoms with Gasteiger partial charge in [-0.25, -0.2) is 18.4 Å². The Bertz CT molecular complexity index is 1110. The Morgan fingerprint density at radius 1 is 0.968 bits per heavy atom. The van der Waals surface area contributed by atoms with E-state index in [2.05, 4.69) is 21.8 Å². The molecule has 7 heteroatoms. The Kier molecular flexibility index (Phi) is 6.23. The number of hydrogen-bond donors (Lipinski definition) is 0. The van der Waals surface area contributed by atoms with Crippen LogP contribution in [0.1, 0.15) is 18.9 Å². The van der Waals surface area contributed by atoms with Crippen molar-refractivity contribution < 1.29 is 13.2 Å². The lowest BCUT2D eigenvalue weighted by Crippen LogP contribution is -2.50. The van der Waals surface area contributed by atoms with Crippen LogP contribution in [0, 0.1) is 5.92 Å². The van der Waals surface area contributed by atoms with E-state index in [-0.39, 0.29) is 0 Å². The zero-order valence-electron chi connectivity index (χ0n) is 17.9. The molecule has 1 aromatic heterocycles. The van der Waals surface area contributed by atoms with Crippen molar-refractivity contribution in [2.75, 3.05) is 30.9 Å². The van der Waals surface area contributed by atoms with Crippen molar-refractivity contribution in [3.63, 3.8) is 0 Å². The molecule has 6 nitrogen and oxygen atoms in total. The SMILES string of the molecule is CCCc1cnc(N2CC(COc3ccc(-c4ccc(S(C)(=O)=O)cc4)cc3)C2)nc1. The molecule has 1 fully saturated rings. The average molecular weight is 438 g/mol. The summed E-state index contributed by atoms with van der Waals surface area (Å²) in [5.41, 5.74) is 3.17. The summed E-state index contributed by atoms with van der Waals surface area (Å²) in [6, 6.07) is 14.8. The van der Waals surface area contributed by atoms with Crippen LogP contribution in [0.25, 0.3) is 11.1 Å². The molecule has 1 aliphatic heterocycles. The van der Waals surface area contributed by atoms with Gasteiger partial charge in [-0.1, -0.05) is 37.6 Å². The molecule has 162 valence electrons. The quantitative estimate of drug-likeness (QED) is 0.530. The topological polar surface area (TPSA) is 72.4 Å². The Labute approximate surface area is 183 Å². The standard InChI is InChI=1S/C24H27N3O3S/c1-3-4-18-13-25-24(26-14-18)27-15-19(16-27)17-30-22-9-5-20(6-10-22)21-7-11-23(12-8-21)31(2,28)29/h5-14,19H,3-4,15-17H2,1-2H3. The summed E-state index contributed by atoms with van der Waals surface area (Å²) in [5, 5.41) is 0. The molecule has 0 spiro atoms. The second kappa shape index (κ2) is 9.06. The zero-order valence-corrected chi connectivity index (χ0v) is 18.7. The predicted molar refractivity (Wildman–Crippen MR) is 122 cm³/mol. The van der Waals surface area contributed by atoms with Gasteiger partial charge in [0.2, 0.25) is 5.95 Å². The maximum atomic E-state index is 11.6. The summed E-state index contributed by atoms with van der Waals surface area (Å²) < 4.78 is 29.1. The van der Waals surface area contributed by atoms with Crippen molar-refractivity contribution in [3.05, 3.63) is 66.5 Å². The third kappa shape index (κ3) is 5.22. The van der Waals surface area contributed by atoms with Gasteiger partial charge in [0.1, 0.15) is 5.75 Å². The molecule has 2 aromatic carbocycles. The summed E-state index contributed by atoms with van der Waals surface area (Å²) in [6.45, 7) is 4.61. The normalized spacial score (nSPS) is 14.3. The fourth-order valence-corrected chi connectivity index (χ4v) is 4.25. The number of benzene rings is 2. The van der Waals surface area contributed by atoms with Crippen molar-refractivity contribution in [1.29, 1.82) is 0 Å². The van der Waals surface area contributed by atoms with Gasteiger partial charge in [-0.05, 0) is 47.4 Å². The highest BCUT2D eigenvalue weighted by molar-refractivity contribution is 7.90. The van der Waals surface area contributed by atoms with Crippen LogP contribution in [0.2, 0.25) is 0 Å². The van der Waals surface area contributed by atoms with Crippen LogP contribution in [0.4, 0.5) is 5.95 Å². The minimum absolute atomic E-state index is 0.327. The third-order valence-corrected chi connectivity index (χ3v) is 6.55. The first-order valence-electron chi connectivity index (χ1n) is 10.5.